The Morgan fingerprint density at radius 3 is 2.79 bits per heavy atom. The third-order valence-corrected chi connectivity index (χ3v) is 4.58. The Kier molecular flexibility index (Phi) is 5.06. The van der Waals surface area contributed by atoms with Crippen LogP contribution in [-0.4, -0.2) is 66.6 Å². The molecule has 8 heteroatoms. The number of benzene rings is 1. The predicted molar refractivity (Wildman–Crippen MR) is 84.3 cm³/mol. The number of hydrogen-bond acceptors (Lipinski definition) is 5. The lowest BCUT2D eigenvalue weighted by molar-refractivity contribution is -0.385. The van der Waals surface area contributed by atoms with Crippen molar-refractivity contribution in [1.82, 2.24) is 9.80 Å². The molecule has 2 aliphatic heterocycles. The molecule has 0 N–H and O–H groups in total. The zero-order valence-corrected chi connectivity index (χ0v) is 13.3. The molecular weight excluding hydrogens is 317 g/mol. The van der Waals surface area contributed by atoms with Crippen LogP contribution in [0.2, 0.25) is 0 Å². The van der Waals surface area contributed by atoms with Gasteiger partial charge in [0.05, 0.1) is 18.1 Å². The number of carbonyl (C=O) groups excluding carboxylic acids is 1. The summed E-state index contributed by atoms with van der Waals surface area (Å²) in [5.74, 6) is -0.779. The van der Waals surface area contributed by atoms with Gasteiger partial charge in [-0.15, -0.1) is 0 Å². The molecular formula is C16H20FN3O4. The minimum atomic E-state index is -0.645. The molecule has 0 aromatic heterocycles. The summed E-state index contributed by atoms with van der Waals surface area (Å²) in [7, 11) is 0. The van der Waals surface area contributed by atoms with Crippen molar-refractivity contribution in [1.29, 1.82) is 0 Å². The summed E-state index contributed by atoms with van der Waals surface area (Å²) >= 11 is 0. The zero-order chi connectivity index (χ0) is 17.1. The smallest absolute Gasteiger partial charge is 0.282 e. The van der Waals surface area contributed by atoms with Crippen molar-refractivity contribution in [2.75, 3.05) is 45.9 Å². The van der Waals surface area contributed by atoms with Crippen LogP contribution in [0.1, 0.15) is 16.8 Å². The summed E-state index contributed by atoms with van der Waals surface area (Å²) in [6.45, 7) is 5.21. The van der Waals surface area contributed by atoms with Gasteiger partial charge in [0.15, 0.2) is 0 Å². The maximum atomic E-state index is 13.4. The lowest BCUT2D eigenvalue weighted by Crippen LogP contribution is -2.40. The van der Waals surface area contributed by atoms with Gasteiger partial charge >= 0.3 is 0 Å². The first-order valence-electron chi connectivity index (χ1n) is 8.08. The lowest BCUT2D eigenvalue weighted by atomic mass is 10.1. The number of carbonyl (C=O) groups is 1. The molecule has 2 fully saturated rings. The van der Waals surface area contributed by atoms with Crippen LogP contribution in [0.15, 0.2) is 18.2 Å². The Morgan fingerprint density at radius 1 is 1.33 bits per heavy atom. The number of nitrogens with zero attached hydrogens (tertiary/aromatic N) is 3. The van der Waals surface area contributed by atoms with Gasteiger partial charge in [0.1, 0.15) is 11.4 Å². The van der Waals surface area contributed by atoms with Gasteiger partial charge in [-0.1, -0.05) is 0 Å². The van der Waals surface area contributed by atoms with Gasteiger partial charge in [-0.05, 0) is 24.5 Å². The van der Waals surface area contributed by atoms with Crippen LogP contribution in [-0.2, 0) is 4.74 Å². The highest BCUT2D eigenvalue weighted by Gasteiger charge is 2.32. The van der Waals surface area contributed by atoms with Crippen molar-refractivity contribution < 1.29 is 18.8 Å². The van der Waals surface area contributed by atoms with E-state index in [2.05, 4.69) is 4.90 Å². The molecule has 1 amide bonds. The highest BCUT2D eigenvalue weighted by atomic mass is 19.1. The fraction of sp³-hybridized carbons (Fsp3) is 0.562. The van der Waals surface area contributed by atoms with Gasteiger partial charge in [-0.2, -0.15) is 0 Å². The maximum absolute atomic E-state index is 13.4. The van der Waals surface area contributed by atoms with Crippen LogP contribution in [0.5, 0.6) is 0 Å². The van der Waals surface area contributed by atoms with Gasteiger partial charge in [-0.3, -0.25) is 19.8 Å². The minimum absolute atomic E-state index is 0.174. The highest BCUT2D eigenvalue weighted by Crippen LogP contribution is 2.25. The summed E-state index contributed by atoms with van der Waals surface area (Å²) in [6, 6.07) is 3.00. The number of nitro groups is 1. The Labute approximate surface area is 139 Å². The van der Waals surface area contributed by atoms with Crippen molar-refractivity contribution in [2.24, 2.45) is 5.92 Å². The Hall–Kier alpha value is -2.06. The number of hydrogen-bond donors (Lipinski definition) is 0. The predicted octanol–water partition coefficient (Wildman–Crippen LogP) is 1.53. The lowest BCUT2D eigenvalue weighted by Gasteiger charge is -2.29. The van der Waals surface area contributed by atoms with E-state index in [1.807, 2.05) is 0 Å². The Bertz CT molecular complexity index is 634. The molecule has 24 heavy (non-hydrogen) atoms. The van der Waals surface area contributed by atoms with E-state index in [4.69, 9.17) is 4.74 Å². The average Bonchev–Trinajstić information content (AvgIpc) is 3.03. The molecule has 0 spiro atoms. The van der Waals surface area contributed by atoms with Crippen LogP contribution in [0.3, 0.4) is 0 Å². The molecule has 0 aliphatic carbocycles. The number of morpholine rings is 1. The summed E-state index contributed by atoms with van der Waals surface area (Å²) in [5.41, 5.74) is -0.523. The number of amides is 1. The molecule has 0 radical (unpaired) electrons. The Morgan fingerprint density at radius 2 is 2.08 bits per heavy atom. The van der Waals surface area contributed by atoms with Crippen molar-refractivity contribution >= 4 is 11.6 Å². The van der Waals surface area contributed by atoms with Crippen molar-refractivity contribution in [3.63, 3.8) is 0 Å². The van der Waals surface area contributed by atoms with Gasteiger partial charge < -0.3 is 9.64 Å². The van der Waals surface area contributed by atoms with Gasteiger partial charge in [-0.25, -0.2) is 4.39 Å². The highest BCUT2D eigenvalue weighted by molar-refractivity contribution is 5.98. The van der Waals surface area contributed by atoms with Gasteiger partial charge in [0, 0.05) is 38.8 Å². The van der Waals surface area contributed by atoms with Gasteiger partial charge in [0.2, 0.25) is 0 Å². The largest absolute Gasteiger partial charge is 0.379 e. The van der Waals surface area contributed by atoms with Crippen LogP contribution in [0.4, 0.5) is 10.1 Å². The number of rotatable bonds is 4. The quantitative estimate of drug-likeness (QED) is 0.615. The summed E-state index contributed by atoms with van der Waals surface area (Å²) in [6.07, 6.45) is 0.853. The van der Waals surface area contributed by atoms with E-state index in [1.165, 1.54) is 0 Å². The third kappa shape index (κ3) is 3.70. The molecule has 3 rings (SSSR count). The first-order valence-corrected chi connectivity index (χ1v) is 8.08. The summed E-state index contributed by atoms with van der Waals surface area (Å²) in [4.78, 5) is 26.9. The second-order valence-corrected chi connectivity index (χ2v) is 6.24. The van der Waals surface area contributed by atoms with Crippen LogP contribution >= 0.6 is 0 Å². The van der Waals surface area contributed by atoms with Crippen LogP contribution < -0.4 is 0 Å². The summed E-state index contributed by atoms with van der Waals surface area (Å²) < 4.78 is 18.8. The van der Waals surface area contributed by atoms with E-state index in [-0.39, 0.29) is 11.3 Å². The van der Waals surface area contributed by atoms with E-state index in [0.29, 0.717) is 19.0 Å². The van der Waals surface area contributed by atoms with Crippen molar-refractivity contribution in [2.45, 2.75) is 6.42 Å². The second-order valence-electron chi connectivity index (χ2n) is 6.24. The van der Waals surface area contributed by atoms with Crippen molar-refractivity contribution in [3.05, 3.63) is 39.7 Å². The molecule has 130 valence electrons. The number of ether oxygens (including phenoxy) is 1. The summed E-state index contributed by atoms with van der Waals surface area (Å²) in [5, 5.41) is 11.1. The van der Waals surface area contributed by atoms with E-state index in [9.17, 15) is 19.3 Å². The van der Waals surface area contributed by atoms with Crippen LogP contribution in [0.25, 0.3) is 0 Å². The molecule has 2 aliphatic rings. The molecule has 0 bridgehead atoms. The molecule has 2 saturated heterocycles. The topological polar surface area (TPSA) is 75.9 Å². The Balaban J connectivity index is 1.66. The fourth-order valence-electron chi connectivity index (χ4n) is 3.32. The van der Waals surface area contributed by atoms with Crippen molar-refractivity contribution in [3.8, 4) is 0 Å². The third-order valence-electron chi connectivity index (χ3n) is 4.58. The molecule has 0 unspecified atom stereocenters. The molecule has 1 aromatic rings. The standard InChI is InChI=1S/C16H20FN3O4/c17-13-1-2-15(20(22)23)14(9-13)16(21)19-4-3-12(11-19)10-18-5-7-24-8-6-18/h1-2,9,12H,3-8,10-11H2/t12-/m1/s1. The van der Waals surface area contributed by atoms with Crippen LogP contribution in [0, 0.1) is 21.8 Å². The van der Waals surface area contributed by atoms with E-state index in [0.717, 1.165) is 57.5 Å². The number of halogens is 1. The fourth-order valence-corrected chi connectivity index (χ4v) is 3.32. The van der Waals surface area contributed by atoms with Gasteiger partial charge in [0.25, 0.3) is 11.6 Å². The normalized spacial score (nSPS) is 21.9. The molecule has 0 saturated carbocycles. The van der Waals surface area contributed by atoms with E-state index >= 15 is 0 Å². The first-order chi connectivity index (χ1) is 11.5. The average molecular weight is 337 g/mol. The van der Waals surface area contributed by atoms with E-state index in [1.54, 1.807) is 4.90 Å². The monoisotopic (exact) mass is 337 g/mol. The molecule has 2 heterocycles. The first kappa shape index (κ1) is 16.8. The molecule has 1 aromatic carbocycles. The number of nitro benzene ring substituents is 1. The minimum Gasteiger partial charge on any atom is -0.379 e. The SMILES string of the molecule is O=C(c1cc(F)ccc1[N+](=O)[O-])N1CC[C@H](CN2CCOCC2)C1. The maximum Gasteiger partial charge on any atom is 0.282 e. The molecule has 1 atom stereocenters. The zero-order valence-electron chi connectivity index (χ0n) is 13.3. The van der Waals surface area contributed by atoms with E-state index < -0.39 is 16.6 Å². The number of likely N-dealkylation sites (tertiary alicyclic amines) is 1. The second kappa shape index (κ2) is 7.23. The molecule has 7 nitrogen and oxygen atoms in total.